The van der Waals surface area contributed by atoms with Gasteiger partial charge in [-0.05, 0) is 37.1 Å². The number of benzene rings is 1. The molecule has 1 aromatic carbocycles. The fourth-order valence-electron chi connectivity index (χ4n) is 1.49. The Balaban J connectivity index is 1.86. The topological polar surface area (TPSA) is 87.7 Å². The molecule has 1 fully saturated rings. The fourth-order valence-corrected chi connectivity index (χ4v) is 1.49. The first-order valence-electron chi connectivity index (χ1n) is 6.14. The maximum Gasteiger partial charge on any atom is 0.411 e. The first kappa shape index (κ1) is 13.4. The van der Waals surface area contributed by atoms with Gasteiger partial charge in [-0.15, -0.1) is 0 Å². The smallest absolute Gasteiger partial charge is 0.411 e. The molecular weight excluding hydrogens is 248 g/mol. The minimum absolute atomic E-state index is 0.0479. The number of aliphatic hydroxyl groups is 1. The zero-order valence-electron chi connectivity index (χ0n) is 10.4. The molecule has 6 nitrogen and oxygen atoms in total. The third-order valence-corrected chi connectivity index (χ3v) is 2.63. The fraction of sp³-hybridized carbons (Fsp3) is 0.385. The van der Waals surface area contributed by atoms with Gasteiger partial charge in [-0.25, -0.2) is 4.79 Å². The Morgan fingerprint density at radius 1 is 1.26 bits per heavy atom. The average Bonchev–Trinajstić information content (AvgIpc) is 3.21. The summed E-state index contributed by atoms with van der Waals surface area (Å²) in [6.45, 7) is -0.262. The summed E-state index contributed by atoms with van der Waals surface area (Å²) < 4.78 is 4.65. The van der Waals surface area contributed by atoms with E-state index in [2.05, 4.69) is 15.4 Å². The van der Waals surface area contributed by atoms with Crippen molar-refractivity contribution in [2.24, 2.45) is 0 Å². The van der Waals surface area contributed by atoms with Crippen LogP contribution in [0.2, 0.25) is 0 Å². The number of anilines is 1. The van der Waals surface area contributed by atoms with E-state index in [0.29, 0.717) is 17.3 Å². The van der Waals surface area contributed by atoms with Crippen LogP contribution in [0.1, 0.15) is 23.2 Å². The molecule has 1 aromatic rings. The number of carbonyl (C=O) groups excluding carboxylic acids is 2. The van der Waals surface area contributed by atoms with Gasteiger partial charge in [0.15, 0.2) is 0 Å². The van der Waals surface area contributed by atoms with Gasteiger partial charge in [0.2, 0.25) is 0 Å². The van der Waals surface area contributed by atoms with Crippen LogP contribution in [0.4, 0.5) is 10.5 Å². The van der Waals surface area contributed by atoms with Crippen LogP contribution in [0.3, 0.4) is 0 Å². The molecule has 1 aliphatic carbocycles. The lowest BCUT2D eigenvalue weighted by molar-refractivity contribution is 0.0951. The summed E-state index contributed by atoms with van der Waals surface area (Å²) >= 11 is 0. The minimum Gasteiger partial charge on any atom is -0.447 e. The molecular formula is C13H16N2O4. The highest BCUT2D eigenvalue weighted by atomic mass is 16.6. The highest BCUT2D eigenvalue weighted by Crippen LogP contribution is 2.19. The van der Waals surface area contributed by atoms with E-state index >= 15 is 0 Å². The molecule has 0 atom stereocenters. The molecule has 2 rings (SSSR count). The van der Waals surface area contributed by atoms with Gasteiger partial charge in [-0.1, -0.05) is 0 Å². The van der Waals surface area contributed by atoms with Crippen LogP contribution in [0.15, 0.2) is 24.3 Å². The van der Waals surface area contributed by atoms with Crippen molar-refractivity contribution in [3.63, 3.8) is 0 Å². The van der Waals surface area contributed by atoms with Crippen LogP contribution in [-0.4, -0.2) is 36.4 Å². The standard InChI is InChI=1S/C13H16N2O4/c16-7-8-19-13(18)15-11-3-1-9(2-4-11)12(17)14-10-5-6-10/h1-4,10,16H,5-8H2,(H,14,17)(H,15,18). The Bertz CT molecular complexity index is 454. The molecule has 0 heterocycles. The van der Waals surface area contributed by atoms with Crippen LogP contribution in [0.25, 0.3) is 0 Å². The molecule has 1 saturated carbocycles. The van der Waals surface area contributed by atoms with Gasteiger partial charge in [0.25, 0.3) is 5.91 Å². The number of amides is 2. The van der Waals surface area contributed by atoms with Crippen molar-refractivity contribution >= 4 is 17.7 Å². The number of carbonyl (C=O) groups is 2. The van der Waals surface area contributed by atoms with E-state index in [1.165, 1.54) is 0 Å². The third-order valence-electron chi connectivity index (χ3n) is 2.63. The molecule has 2 amide bonds. The van der Waals surface area contributed by atoms with Crippen molar-refractivity contribution in [3.05, 3.63) is 29.8 Å². The molecule has 0 aromatic heterocycles. The van der Waals surface area contributed by atoms with Gasteiger partial charge in [0.1, 0.15) is 6.61 Å². The highest BCUT2D eigenvalue weighted by molar-refractivity contribution is 5.95. The summed E-state index contributed by atoms with van der Waals surface area (Å²) in [7, 11) is 0. The van der Waals surface area contributed by atoms with Crippen molar-refractivity contribution in [1.29, 1.82) is 0 Å². The Labute approximate surface area is 110 Å². The average molecular weight is 264 g/mol. The van der Waals surface area contributed by atoms with E-state index in [1.54, 1.807) is 24.3 Å². The summed E-state index contributed by atoms with van der Waals surface area (Å²) in [6, 6.07) is 6.85. The van der Waals surface area contributed by atoms with E-state index < -0.39 is 6.09 Å². The Hall–Kier alpha value is -2.08. The molecule has 0 saturated heterocycles. The molecule has 102 valence electrons. The lowest BCUT2D eigenvalue weighted by atomic mass is 10.2. The third kappa shape index (κ3) is 4.26. The second-order valence-corrected chi connectivity index (χ2v) is 4.31. The number of ether oxygens (including phenoxy) is 1. The summed E-state index contributed by atoms with van der Waals surface area (Å²) in [5.74, 6) is -0.100. The summed E-state index contributed by atoms with van der Waals surface area (Å²) in [5.41, 5.74) is 1.09. The van der Waals surface area contributed by atoms with Crippen molar-refractivity contribution in [2.75, 3.05) is 18.5 Å². The SMILES string of the molecule is O=C(Nc1ccc(C(=O)NC2CC2)cc1)OCCO. The van der Waals surface area contributed by atoms with Crippen molar-refractivity contribution in [3.8, 4) is 0 Å². The first-order chi connectivity index (χ1) is 9.19. The predicted molar refractivity (Wildman–Crippen MR) is 69.0 cm³/mol. The van der Waals surface area contributed by atoms with Gasteiger partial charge in [0, 0.05) is 17.3 Å². The van der Waals surface area contributed by atoms with Gasteiger partial charge >= 0.3 is 6.09 Å². The van der Waals surface area contributed by atoms with Crippen molar-refractivity contribution in [2.45, 2.75) is 18.9 Å². The molecule has 1 aliphatic rings. The van der Waals surface area contributed by atoms with E-state index in [9.17, 15) is 9.59 Å². The Morgan fingerprint density at radius 2 is 1.95 bits per heavy atom. The second-order valence-electron chi connectivity index (χ2n) is 4.31. The van der Waals surface area contributed by atoms with Crippen molar-refractivity contribution in [1.82, 2.24) is 5.32 Å². The first-order valence-corrected chi connectivity index (χ1v) is 6.14. The maximum atomic E-state index is 11.7. The van der Waals surface area contributed by atoms with Gasteiger partial charge < -0.3 is 15.2 Å². The largest absolute Gasteiger partial charge is 0.447 e. The summed E-state index contributed by atoms with van der Waals surface area (Å²) in [5, 5.41) is 13.9. The number of hydrogen-bond acceptors (Lipinski definition) is 4. The number of aliphatic hydroxyl groups excluding tert-OH is 1. The van der Waals surface area contributed by atoms with E-state index in [-0.39, 0.29) is 19.1 Å². The Kier molecular flexibility index (Phi) is 4.35. The molecule has 0 aliphatic heterocycles. The van der Waals surface area contributed by atoms with Gasteiger partial charge in [0.05, 0.1) is 6.61 Å². The van der Waals surface area contributed by atoms with Crippen LogP contribution >= 0.6 is 0 Å². The lowest BCUT2D eigenvalue weighted by Crippen LogP contribution is -2.25. The van der Waals surface area contributed by atoms with Crippen LogP contribution < -0.4 is 10.6 Å². The van der Waals surface area contributed by atoms with Crippen LogP contribution in [0.5, 0.6) is 0 Å². The van der Waals surface area contributed by atoms with Gasteiger partial charge in [-0.3, -0.25) is 10.1 Å². The van der Waals surface area contributed by atoms with Crippen LogP contribution in [-0.2, 0) is 4.74 Å². The van der Waals surface area contributed by atoms with Crippen LogP contribution in [0, 0.1) is 0 Å². The quantitative estimate of drug-likeness (QED) is 0.743. The second kappa shape index (κ2) is 6.19. The normalized spacial score (nSPS) is 13.7. The molecule has 0 unspecified atom stereocenters. The predicted octanol–water partition coefficient (Wildman–Crippen LogP) is 1.12. The zero-order chi connectivity index (χ0) is 13.7. The summed E-state index contributed by atoms with van der Waals surface area (Å²) in [4.78, 5) is 22.9. The monoisotopic (exact) mass is 264 g/mol. The molecule has 0 spiro atoms. The highest BCUT2D eigenvalue weighted by Gasteiger charge is 2.23. The Morgan fingerprint density at radius 3 is 2.53 bits per heavy atom. The molecule has 0 bridgehead atoms. The molecule has 19 heavy (non-hydrogen) atoms. The van der Waals surface area contributed by atoms with Crippen molar-refractivity contribution < 1.29 is 19.4 Å². The van der Waals surface area contributed by atoms with Gasteiger partial charge in [-0.2, -0.15) is 0 Å². The molecule has 3 N–H and O–H groups in total. The van der Waals surface area contributed by atoms with E-state index in [0.717, 1.165) is 12.8 Å². The summed E-state index contributed by atoms with van der Waals surface area (Å²) in [6.07, 6.45) is 1.45. The molecule has 6 heteroatoms. The van der Waals surface area contributed by atoms with E-state index in [4.69, 9.17) is 5.11 Å². The van der Waals surface area contributed by atoms with E-state index in [1.807, 2.05) is 0 Å². The number of hydrogen-bond donors (Lipinski definition) is 3. The minimum atomic E-state index is -0.635. The zero-order valence-corrected chi connectivity index (χ0v) is 10.4. The maximum absolute atomic E-state index is 11.7. The lowest BCUT2D eigenvalue weighted by Gasteiger charge is -2.07. The molecule has 0 radical (unpaired) electrons. The number of rotatable bonds is 5. The number of nitrogens with one attached hydrogen (secondary N) is 2.